The van der Waals surface area contributed by atoms with E-state index >= 15 is 0 Å². The van der Waals surface area contributed by atoms with E-state index in [4.69, 9.17) is 9.47 Å². The summed E-state index contributed by atoms with van der Waals surface area (Å²) in [5, 5.41) is 9.26. The number of methoxy groups -OCH3 is 1. The van der Waals surface area contributed by atoms with Gasteiger partial charge in [-0.05, 0) is 24.3 Å². The van der Waals surface area contributed by atoms with Crippen molar-refractivity contribution in [1.29, 1.82) is 0 Å². The molecule has 0 saturated carbocycles. The number of aliphatic carboxylic acids is 1. The Morgan fingerprint density at radius 1 is 1.41 bits per heavy atom. The number of amides is 1. The maximum atomic E-state index is 12.5. The number of hydrogen-bond donors (Lipinski definition) is 1. The van der Waals surface area contributed by atoms with Gasteiger partial charge in [0.25, 0.3) is 5.91 Å². The number of carboxylic acids is 1. The van der Waals surface area contributed by atoms with E-state index < -0.39 is 12.0 Å². The molecule has 6 heteroatoms. The molecule has 1 amide bonds. The number of nitrogens with zero attached hydrogens (tertiary/aromatic N) is 1. The predicted molar refractivity (Wildman–Crippen MR) is 80.0 cm³/mol. The van der Waals surface area contributed by atoms with Crippen LogP contribution in [0.2, 0.25) is 0 Å². The fourth-order valence-electron chi connectivity index (χ4n) is 2.44. The molecule has 1 aliphatic rings. The van der Waals surface area contributed by atoms with Crippen molar-refractivity contribution in [3.8, 4) is 5.75 Å². The molecule has 1 saturated heterocycles. The Hall–Kier alpha value is -2.34. The van der Waals surface area contributed by atoms with E-state index in [1.54, 1.807) is 30.3 Å². The van der Waals surface area contributed by atoms with Gasteiger partial charge in [0.1, 0.15) is 18.4 Å². The van der Waals surface area contributed by atoms with Gasteiger partial charge in [0, 0.05) is 25.6 Å². The predicted octanol–water partition coefficient (Wildman–Crippen LogP) is 1.57. The molecule has 0 radical (unpaired) electrons. The fourth-order valence-corrected chi connectivity index (χ4v) is 2.44. The van der Waals surface area contributed by atoms with Gasteiger partial charge in [-0.3, -0.25) is 4.79 Å². The molecule has 0 bridgehead atoms. The number of hydrogen-bond acceptors (Lipinski definition) is 4. The lowest BCUT2D eigenvalue weighted by atomic mass is 10.1. The molecule has 6 nitrogen and oxygen atoms in total. The molecule has 0 aromatic heterocycles. The molecular weight excluding hydrogens is 286 g/mol. The second-order valence-corrected chi connectivity index (χ2v) is 5.03. The van der Waals surface area contributed by atoms with Crippen LogP contribution in [0.4, 0.5) is 0 Å². The van der Waals surface area contributed by atoms with Crippen LogP contribution in [0.5, 0.6) is 5.75 Å². The van der Waals surface area contributed by atoms with E-state index in [-0.39, 0.29) is 18.6 Å². The molecule has 118 valence electrons. The van der Waals surface area contributed by atoms with Crippen LogP contribution in [0.15, 0.2) is 36.9 Å². The fraction of sp³-hybridized carbons (Fsp3) is 0.375. The van der Waals surface area contributed by atoms with Crippen LogP contribution in [-0.2, 0) is 9.53 Å². The molecule has 1 aliphatic heterocycles. The Morgan fingerprint density at radius 3 is 2.64 bits per heavy atom. The van der Waals surface area contributed by atoms with Crippen molar-refractivity contribution in [2.45, 2.75) is 18.6 Å². The normalized spacial score (nSPS) is 20.7. The number of ether oxygens (including phenoxy) is 2. The van der Waals surface area contributed by atoms with Crippen LogP contribution < -0.4 is 4.74 Å². The van der Waals surface area contributed by atoms with Crippen molar-refractivity contribution in [2.24, 2.45) is 0 Å². The number of likely N-dealkylation sites (tertiary alicyclic amines) is 1. The summed E-state index contributed by atoms with van der Waals surface area (Å²) in [6.45, 7) is 4.22. The van der Waals surface area contributed by atoms with Crippen LogP contribution in [0.3, 0.4) is 0 Å². The number of carboxylic acid groups (broad SMARTS) is 1. The van der Waals surface area contributed by atoms with Crippen LogP contribution in [0.1, 0.15) is 16.8 Å². The molecule has 1 aromatic rings. The standard InChI is InChI=1S/C16H19NO5/c1-3-8-22-12-6-4-11(5-7-12)15(18)17-10-13(21-2)9-14(17)16(19)20/h3-7,13-14H,1,8-10H2,2H3,(H,19,20). The molecule has 2 atom stereocenters. The summed E-state index contributed by atoms with van der Waals surface area (Å²) in [5.41, 5.74) is 0.425. The van der Waals surface area contributed by atoms with E-state index in [0.29, 0.717) is 24.3 Å². The quantitative estimate of drug-likeness (QED) is 0.807. The van der Waals surface area contributed by atoms with E-state index in [1.165, 1.54) is 12.0 Å². The Kier molecular flexibility index (Phi) is 5.16. The van der Waals surface area contributed by atoms with Gasteiger partial charge in [-0.2, -0.15) is 0 Å². The molecule has 1 fully saturated rings. The Labute approximate surface area is 128 Å². The van der Waals surface area contributed by atoms with Gasteiger partial charge in [-0.15, -0.1) is 0 Å². The molecule has 1 aromatic carbocycles. The molecule has 1 N–H and O–H groups in total. The first-order valence-corrected chi connectivity index (χ1v) is 6.97. The third kappa shape index (κ3) is 3.46. The first-order chi connectivity index (χ1) is 10.6. The van der Waals surface area contributed by atoms with Crippen LogP contribution in [0, 0.1) is 0 Å². The number of carbonyl (C=O) groups excluding carboxylic acids is 1. The topological polar surface area (TPSA) is 76.1 Å². The molecule has 1 heterocycles. The lowest BCUT2D eigenvalue weighted by molar-refractivity contribution is -0.141. The highest BCUT2D eigenvalue weighted by molar-refractivity contribution is 5.97. The van der Waals surface area contributed by atoms with Gasteiger partial charge in [0.15, 0.2) is 0 Å². The third-order valence-corrected chi connectivity index (χ3v) is 3.61. The van der Waals surface area contributed by atoms with Gasteiger partial charge in [-0.1, -0.05) is 12.7 Å². The van der Waals surface area contributed by atoms with Crippen molar-refractivity contribution < 1.29 is 24.2 Å². The summed E-state index contributed by atoms with van der Waals surface area (Å²) in [6, 6.07) is 5.75. The molecule has 0 spiro atoms. The second kappa shape index (κ2) is 7.09. The molecule has 2 unspecified atom stereocenters. The minimum atomic E-state index is -1.01. The molecule has 0 aliphatic carbocycles. The Balaban J connectivity index is 2.12. The first-order valence-electron chi connectivity index (χ1n) is 6.97. The zero-order chi connectivity index (χ0) is 16.1. The van der Waals surface area contributed by atoms with E-state index in [0.717, 1.165) is 0 Å². The average molecular weight is 305 g/mol. The van der Waals surface area contributed by atoms with Crippen molar-refractivity contribution in [3.05, 3.63) is 42.5 Å². The summed E-state index contributed by atoms with van der Waals surface area (Å²) in [4.78, 5) is 25.1. The van der Waals surface area contributed by atoms with Crippen LogP contribution in [0.25, 0.3) is 0 Å². The van der Waals surface area contributed by atoms with Gasteiger partial charge in [-0.25, -0.2) is 4.79 Å². The van der Waals surface area contributed by atoms with Gasteiger partial charge in [0.05, 0.1) is 6.10 Å². The van der Waals surface area contributed by atoms with Crippen molar-refractivity contribution in [2.75, 3.05) is 20.3 Å². The van der Waals surface area contributed by atoms with Crippen molar-refractivity contribution in [3.63, 3.8) is 0 Å². The second-order valence-electron chi connectivity index (χ2n) is 5.03. The maximum absolute atomic E-state index is 12.5. The Bertz CT molecular complexity index is 554. The summed E-state index contributed by atoms with van der Waals surface area (Å²) < 4.78 is 10.5. The van der Waals surface area contributed by atoms with Gasteiger partial charge in [0.2, 0.25) is 0 Å². The summed E-state index contributed by atoms with van der Waals surface area (Å²) in [7, 11) is 1.52. The number of benzene rings is 1. The SMILES string of the molecule is C=CCOc1ccc(C(=O)N2CC(OC)CC2C(=O)O)cc1. The van der Waals surface area contributed by atoms with E-state index in [2.05, 4.69) is 6.58 Å². The molecule has 22 heavy (non-hydrogen) atoms. The molecular formula is C16H19NO5. The maximum Gasteiger partial charge on any atom is 0.326 e. The minimum absolute atomic E-state index is 0.250. The lowest BCUT2D eigenvalue weighted by Crippen LogP contribution is -2.40. The van der Waals surface area contributed by atoms with Gasteiger partial charge < -0.3 is 19.5 Å². The monoisotopic (exact) mass is 305 g/mol. The first kappa shape index (κ1) is 16.0. The summed E-state index contributed by atoms with van der Waals surface area (Å²) in [6.07, 6.45) is 1.68. The van der Waals surface area contributed by atoms with Gasteiger partial charge >= 0.3 is 5.97 Å². The zero-order valence-corrected chi connectivity index (χ0v) is 12.4. The summed E-state index contributed by atoms with van der Waals surface area (Å²) >= 11 is 0. The zero-order valence-electron chi connectivity index (χ0n) is 12.4. The largest absolute Gasteiger partial charge is 0.490 e. The van der Waals surface area contributed by atoms with Crippen molar-refractivity contribution >= 4 is 11.9 Å². The van der Waals surface area contributed by atoms with E-state index in [9.17, 15) is 14.7 Å². The Morgan fingerprint density at radius 2 is 2.09 bits per heavy atom. The number of rotatable bonds is 6. The third-order valence-electron chi connectivity index (χ3n) is 3.61. The summed E-state index contributed by atoms with van der Waals surface area (Å²) in [5.74, 6) is -0.705. The van der Waals surface area contributed by atoms with E-state index in [1.807, 2.05) is 0 Å². The van der Waals surface area contributed by atoms with Crippen LogP contribution >= 0.6 is 0 Å². The highest BCUT2D eigenvalue weighted by Gasteiger charge is 2.40. The van der Waals surface area contributed by atoms with Crippen LogP contribution in [-0.4, -0.2) is 54.3 Å². The average Bonchev–Trinajstić information content (AvgIpc) is 2.97. The highest BCUT2D eigenvalue weighted by atomic mass is 16.5. The lowest BCUT2D eigenvalue weighted by Gasteiger charge is -2.21. The number of carbonyl (C=O) groups is 2. The molecule has 2 rings (SSSR count). The van der Waals surface area contributed by atoms with Crippen molar-refractivity contribution in [1.82, 2.24) is 4.90 Å². The smallest absolute Gasteiger partial charge is 0.326 e. The highest BCUT2D eigenvalue weighted by Crippen LogP contribution is 2.23. The minimum Gasteiger partial charge on any atom is -0.490 e.